The van der Waals surface area contributed by atoms with Crippen LogP contribution < -0.4 is 0 Å². The van der Waals surface area contributed by atoms with E-state index in [1.54, 1.807) is 14.2 Å². The molecule has 1 aliphatic rings. The second-order valence-corrected chi connectivity index (χ2v) is 7.01. The van der Waals surface area contributed by atoms with Crippen LogP contribution in [-0.2, 0) is 18.9 Å². The Morgan fingerprint density at radius 1 is 1.09 bits per heavy atom. The summed E-state index contributed by atoms with van der Waals surface area (Å²) in [5, 5.41) is 0. The first-order valence-electron chi connectivity index (χ1n) is 9.39. The van der Waals surface area contributed by atoms with Gasteiger partial charge in [-0.15, -0.1) is 0 Å². The summed E-state index contributed by atoms with van der Waals surface area (Å²) in [6.07, 6.45) is 10.5. The normalized spacial score (nSPS) is 20.5. The first-order valence-corrected chi connectivity index (χ1v) is 9.39. The highest BCUT2D eigenvalue weighted by Crippen LogP contribution is 2.32. The lowest BCUT2D eigenvalue weighted by atomic mass is 9.88. The molecule has 0 aromatic carbocycles. The topological polar surface area (TPSA) is 40.2 Å². The van der Waals surface area contributed by atoms with Gasteiger partial charge in [0.1, 0.15) is 6.10 Å². The highest BCUT2D eigenvalue weighted by atomic mass is 16.7. The number of rotatable bonds is 15. The third kappa shape index (κ3) is 8.48. The van der Waals surface area contributed by atoms with Crippen molar-refractivity contribution < 1.29 is 18.9 Å². The minimum atomic E-state index is -0.531. The standard InChI is InChI=1S/C19H38O4/c1-6-7-8-9-10-11-12-17(19(3,20-4)21-5)13-16(2)22-14-18-15-23-18/h16-18H,6-15H2,1-5H3. The van der Waals surface area contributed by atoms with Crippen molar-refractivity contribution in [3.8, 4) is 0 Å². The van der Waals surface area contributed by atoms with Crippen LogP contribution in [0.25, 0.3) is 0 Å². The van der Waals surface area contributed by atoms with Gasteiger partial charge >= 0.3 is 0 Å². The molecule has 0 saturated carbocycles. The minimum Gasteiger partial charge on any atom is -0.376 e. The molecule has 0 amide bonds. The summed E-state index contributed by atoms with van der Waals surface area (Å²) in [7, 11) is 3.47. The molecule has 0 N–H and O–H groups in total. The lowest BCUT2D eigenvalue weighted by Crippen LogP contribution is -2.40. The molecule has 0 aromatic rings. The molecule has 1 heterocycles. The molecular weight excluding hydrogens is 292 g/mol. The van der Waals surface area contributed by atoms with Gasteiger partial charge in [0.2, 0.25) is 0 Å². The molecule has 0 radical (unpaired) electrons. The summed E-state index contributed by atoms with van der Waals surface area (Å²) < 4.78 is 22.5. The van der Waals surface area contributed by atoms with E-state index >= 15 is 0 Å². The van der Waals surface area contributed by atoms with Gasteiger partial charge in [-0.3, -0.25) is 0 Å². The van der Waals surface area contributed by atoms with E-state index in [2.05, 4.69) is 13.8 Å². The van der Waals surface area contributed by atoms with Crippen molar-refractivity contribution >= 4 is 0 Å². The molecule has 0 spiro atoms. The summed E-state index contributed by atoms with van der Waals surface area (Å²) >= 11 is 0. The molecule has 1 rings (SSSR count). The molecule has 3 unspecified atom stereocenters. The van der Waals surface area contributed by atoms with Crippen LogP contribution in [0, 0.1) is 5.92 Å². The molecule has 4 nitrogen and oxygen atoms in total. The van der Waals surface area contributed by atoms with Crippen molar-refractivity contribution in [2.45, 2.75) is 90.1 Å². The summed E-state index contributed by atoms with van der Waals surface area (Å²) in [5.74, 6) is -0.185. The lowest BCUT2D eigenvalue weighted by Gasteiger charge is -2.36. The number of unbranched alkanes of at least 4 members (excludes halogenated alkanes) is 5. The van der Waals surface area contributed by atoms with Crippen LogP contribution >= 0.6 is 0 Å². The van der Waals surface area contributed by atoms with Gasteiger partial charge in [0.15, 0.2) is 5.79 Å². The highest BCUT2D eigenvalue weighted by Gasteiger charge is 2.35. The zero-order valence-corrected chi connectivity index (χ0v) is 15.9. The molecule has 0 aromatic heterocycles. The Bertz CT molecular complexity index is 287. The van der Waals surface area contributed by atoms with Crippen LogP contribution in [0.4, 0.5) is 0 Å². The van der Waals surface area contributed by atoms with E-state index in [0.29, 0.717) is 18.6 Å². The van der Waals surface area contributed by atoms with Crippen molar-refractivity contribution in [3.05, 3.63) is 0 Å². The Morgan fingerprint density at radius 2 is 1.70 bits per heavy atom. The monoisotopic (exact) mass is 330 g/mol. The summed E-state index contributed by atoms with van der Waals surface area (Å²) in [6, 6.07) is 0. The molecule has 1 saturated heterocycles. The quantitative estimate of drug-likeness (QED) is 0.251. The third-order valence-corrected chi connectivity index (χ3v) is 5.04. The van der Waals surface area contributed by atoms with E-state index in [1.165, 1.54) is 38.5 Å². The zero-order valence-electron chi connectivity index (χ0n) is 15.9. The molecule has 0 bridgehead atoms. The second kappa shape index (κ2) is 11.4. The molecule has 1 aliphatic heterocycles. The van der Waals surface area contributed by atoms with Gasteiger partial charge in [0.05, 0.1) is 19.3 Å². The fourth-order valence-electron chi connectivity index (χ4n) is 3.09. The van der Waals surface area contributed by atoms with E-state index < -0.39 is 5.79 Å². The fourth-order valence-corrected chi connectivity index (χ4v) is 3.09. The largest absolute Gasteiger partial charge is 0.376 e. The first kappa shape index (κ1) is 20.9. The molecule has 138 valence electrons. The van der Waals surface area contributed by atoms with E-state index in [0.717, 1.165) is 19.4 Å². The number of hydrogen-bond acceptors (Lipinski definition) is 4. The van der Waals surface area contributed by atoms with Crippen molar-refractivity contribution in [1.29, 1.82) is 0 Å². The van der Waals surface area contributed by atoms with Gasteiger partial charge in [-0.25, -0.2) is 0 Å². The van der Waals surface area contributed by atoms with Gasteiger partial charge in [0.25, 0.3) is 0 Å². The third-order valence-electron chi connectivity index (χ3n) is 5.04. The van der Waals surface area contributed by atoms with Gasteiger partial charge < -0.3 is 18.9 Å². The highest BCUT2D eigenvalue weighted by molar-refractivity contribution is 4.78. The number of hydrogen-bond donors (Lipinski definition) is 0. The maximum absolute atomic E-state index is 5.90. The summed E-state index contributed by atoms with van der Waals surface area (Å²) in [4.78, 5) is 0. The molecule has 4 heteroatoms. The maximum atomic E-state index is 5.90. The number of epoxide rings is 1. The van der Waals surface area contributed by atoms with Crippen LogP contribution in [0.3, 0.4) is 0 Å². The first-order chi connectivity index (χ1) is 11.1. The number of methoxy groups -OCH3 is 2. The lowest BCUT2D eigenvalue weighted by molar-refractivity contribution is -0.234. The molecule has 3 atom stereocenters. The van der Waals surface area contributed by atoms with E-state index in [9.17, 15) is 0 Å². The Morgan fingerprint density at radius 3 is 2.26 bits per heavy atom. The molecule has 1 fully saturated rings. The van der Waals surface area contributed by atoms with Gasteiger partial charge in [-0.05, 0) is 26.7 Å². The van der Waals surface area contributed by atoms with Gasteiger partial charge in [-0.1, -0.05) is 45.4 Å². The van der Waals surface area contributed by atoms with Crippen LogP contribution in [0.15, 0.2) is 0 Å². The Hall–Kier alpha value is -0.160. The van der Waals surface area contributed by atoms with Gasteiger partial charge in [-0.2, -0.15) is 0 Å². The maximum Gasteiger partial charge on any atom is 0.167 e. The predicted molar refractivity (Wildman–Crippen MR) is 93.7 cm³/mol. The molecule has 23 heavy (non-hydrogen) atoms. The van der Waals surface area contributed by atoms with Crippen LogP contribution in [-0.4, -0.2) is 45.4 Å². The van der Waals surface area contributed by atoms with Crippen LogP contribution in [0.5, 0.6) is 0 Å². The Balaban J connectivity index is 2.37. The summed E-state index contributed by atoms with van der Waals surface area (Å²) in [5.41, 5.74) is 0. The van der Waals surface area contributed by atoms with Crippen molar-refractivity contribution in [2.75, 3.05) is 27.4 Å². The van der Waals surface area contributed by atoms with Crippen LogP contribution in [0.1, 0.15) is 72.1 Å². The van der Waals surface area contributed by atoms with E-state index in [1.807, 2.05) is 6.92 Å². The average Bonchev–Trinajstić information content (AvgIpc) is 3.38. The van der Waals surface area contributed by atoms with E-state index in [-0.39, 0.29) is 6.10 Å². The average molecular weight is 331 g/mol. The fraction of sp³-hybridized carbons (Fsp3) is 1.00. The smallest absolute Gasteiger partial charge is 0.167 e. The Kier molecular flexibility index (Phi) is 10.4. The zero-order chi connectivity index (χ0) is 17.1. The minimum absolute atomic E-state index is 0.203. The SMILES string of the molecule is CCCCCCCCC(CC(C)OCC1CO1)C(C)(OC)OC. The second-order valence-electron chi connectivity index (χ2n) is 7.01. The molecular formula is C19H38O4. The van der Waals surface area contributed by atoms with Crippen LogP contribution in [0.2, 0.25) is 0 Å². The van der Waals surface area contributed by atoms with Crippen molar-refractivity contribution in [1.82, 2.24) is 0 Å². The van der Waals surface area contributed by atoms with Gasteiger partial charge in [0, 0.05) is 20.1 Å². The predicted octanol–water partition coefficient (Wildman–Crippen LogP) is 4.56. The van der Waals surface area contributed by atoms with Crippen molar-refractivity contribution in [2.24, 2.45) is 5.92 Å². The number of ether oxygens (including phenoxy) is 4. The molecule has 0 aliphatic carbocycles. The van der Waals surface area contributed by atoms with Crippen molar-refractivity contribution in [3.63, 3.8) is 0 Å². The van der Waals surface area contributed by atoms with E-state index in [4.69, 9.17) is 18.9 Å². The Labute approximate surface area is 143 Å². The summed E-state index contributed by atoms with van der Waals surface area (Å²) in [6.45, 7) is 8.00.